The van der Waals surface area contributed by atoms with Crippen molar-refractivity contribution in [2.75, 3.05) is 23.9 Å². The number of rotatable bonds is 20. The standard InChI is InChI=1S/C34H48N4O6S3/c1-3-4-5-6-7-8-9-10-11-12-13-14-19-34(46(2,41)42,32(40)36-20-21-47(35,43)44)33-38-28-18-17-26(23-30(28)45-33)25-15-16-27-24-31(39)37-29(27)22-25/h15-18,22-23H,3-14,19-21,24H2,1-2H3,(H,36,40)(H,37,39)(H2,35,43,44). The van der Waals surface area contributed by atoms with Gasteiger partial charge in [-0.3, -0.25) is 9.59 Å². The Morgan fingerprint density at radius 3 is 2.13 bits per heavy atom. The van der Waals surface area contributed by atoms with Crippen LogP contribution in [0.25, 0.3) is 21.3 Å². The van der Waals surface area contributed by atoms with Gasteiger partial charge in [-0.05, 0) is 41.3 Å². The average molecular weight is 705 g/mol. The lowest BCUT2D eigenvalue weighted by Gasteiger charge is -2.29. The van der Waals surface area contributed by atoms with E-state index >= 15 is 0 Å². The summed E-state index contributed by atoms with van der Waals surface area (Å²) >= 11 is 1.15. The molecule has 0 aliphatic carbocycles. The lowest BCUT2D eigenvalue weighted by molar-refractivity contribution is -0.124. The first-order valence-corrected chi connectivity index (χ1v) is 21.1. The highest BCUT2D eigenvalue weighted by atomic mass is 32.2. The fraction of sp³-hybridized carbons (Fsp3) is 0.559. The molecule has 0 saturated carbocycles. The zero-order valence-corrected chi connectivity index (χ0v) is 29.9. The second kappa shape index (κ2) is 16.5. The van der Waals surface area contributed by atoms with Gasteiger partial charge in [0.2, 0.25) is 26.6 Å². The third kappa shape index (κ3) is 9.84. The van der Waals surface area contributed by atoms with Crippen LogP contribution in [-0.4, -0.2) is 52.2 Å². The smallest absolute Gasteiger partial charge is 0.248 e. The van der Waals surface area contributed by atoms with Crippen molar-refractivity contribution >= 4 is 58.9 Å². The van der Waals surface area contributed by atoms with Crippen LogP contribution in [0, 0.1) is 0 Å². The van der Waals surface area contributed by atoms with Gasteiger partial charge < -0.3 is 10.6 Å². The molecule has 0 saturated heterocycles. The highest BCUT2D eigenvalue weighted by molar-refractivity contribution is 7.92. The summed E-state index contributed by atoms with van der Waals surface area (Å²) in [5.74, 6) is -1.35. The average Bonchev–Trinajstić information content (AvgIpc) is 3.60. The number of primary sulfonamides is 1. The molecule has 258 valence electrons. The van der Waals surface area contributed by atoms with Crippen molar-refractivity contribution in [1.29, 1.82) is 0 Å². The molecule has 0 spiro atoms. The van der Waals surface area contributed by atoms with Crippen LogP contribution in [0.4, 0.5) is 5.69 Å². The molecule has 47 heavy (non-hydrogen) atoms. The number of sulfone groups is 1. The summed E-state index contributed by atoms with van der Waals surface area (Å²) in [7, 11) is -7.93. The van der Waals surface area contributed by atoms with Crippen LogP contribution in [0.5, 0.6) is 0 Å². The van der Waals surface area contributed by atoms with Crippen LogP contribution in [0.3, 0.4) is 0 Å². The van der Waals surface area contributed by atoms with E-state index in [-0.39, 0.29) is 23.9 Å². The topological polar surface area (TPSA) is 165 Å². The van der Waals surface area contributed by atoms with E-state index in [1.807, 2.05) is 30.3 Å². The first-order valence-electron chi connectivity index (χ1n) is 16.7. The quantitative estimate of drug-likeness (QED) is 0.118. The minimum atomic E-state index is -4.07. The van der Waals surface area contributed by atoms with Crippen molar-refractivity contribution in [2.45, 2.75) is 102 Å². The summed E-state index contributed by atoms with van der Waals surface area (Å²) in [5, 5.41) is 10.7. The van der Waals surface area contributed by atoms with E-state index in [1.165, 1.54) is 44.9 Å². The van der Waals surface area contributed by atoms with Crippen molar-refractivity contribution < 1.29 is 26.4 Å². The first kappa shape index (κ1) is 37.0. The van der Waals surface area contributed by atoms with Crippen molar-refractivity contribution in [3.8, 4) is 11.1 Å². The van der Waals surface area contributed by atoms with Crippen LogP contribution in [0.1, 0.15) is 101 Å². The van der Waals surface area contributed by atoms with Crippen LogP contribution in [0.2, 0.25) is 0 Å². The third-order valence-corrected chi connectivity index (χ3v) is 12.8. The molecule has 13 heteroatoms. The Labute approximate surface area is 283 Å². The lowest BCUT2D eigenvalue weighted by atomic mass is 9.98. The second-order valence-electron chi connectivity index (χ2n) is 12.7. The minimum absolute atomic E-state index is 0.0294. The van der Waals surface area contributed by atoms with Crippen LogP contribution in [0.15, 0.2) is 36.4 Å². The first-order chi connectivity index (χ1) is 22.3. The molecule has 0 bridgehead atoms. The fourth-order valence-corrected chi connectivity index (χ4v) is 9.53. The van der Waals surface area contributed by atoms with Gasteiger partial charge in [0, 0.05) is 18.5 Å². The SMILES string of the molecule is CCCCCCCCCCCCCCC(C(=O)NCCS(N)(=O)=O)(c1nc2ccc(-c3ccc4c(c3)NC(=O)C4)cc2s1)S(C)(=O)=O. The van der Waals surface area contributed by atoms with Gasteiger partial charge in [0.15, 0.2) is 9.84 Å². The number of anilines is 1. The number of benzene rings is 2. The Morgan fingerprint density at radius 1 is 0.915 bits per heavy atom. The monoisotopic (exact) mass is 704 g/mol. The van der Waals surface area contributed by atoms with E-state index in [0.29, 0.717) is 23.1 Å². The number of hydrogen-bond donors (Lipinski definition) is 3. The number of aromatic nitrogens is 1. The Kier molecular flexibility index (Phi) is 13.0. The molecule has 1 atom stereocenters. The molecular formula is C34H48N4O6S3. The summed E-state index contributed by atoms with van der Waals surface area (Å²) in [6.45, 7) is 1.91. The maximum atomic E-state index is 13.8. The Balaban J connectivity index is 1.52. The molecule has 4 N–H and O–H groups in total. The van der Waals surface area contributed by atoms with Gasteiger partial charge in [-0.25, -0.2) is 27.0 Å². The number of unbranched alkanes of at least 4 members (excludes halogenated alkanes) is 11. The number of hydrogen-bond acceptors (Lipinski definition) is 8. The van der Waals surface area contributed by atoms with E-state index in [0.717, 1.165) is 65.7 Å². The molecule has 1 aliphatic rings. The summed E-state index contributed by atoms with van der Waals surface area (Å²) in [4.78, 5) is 30.4. The molecule has 4 rings (SSSR count). The number of nitrogens with two attached hydrogens (primary N) is 1. The number of sulfonamides is 1. The minimum Gasteiger partial charge on any atom is -0.353 e. The fourth-order valence-electron chi connectivity index (χ4n) is 6.17. The Hall–Kier alpha value is -2.87. The van der Waals surface area contributed by atoms with Crippen LogP contribution >= 0.6 is 11.3 Å². The van der Waals surface area contributed by atoms with E-state index in [1.54, 1.807) is 6.07 Å². The normalized spacial score (nSPS) is 14.6. The van der Waals surface area contributed by atoms with Gasteiger partial charge in [0.05, 0.1) is 22.4 Å². The van der Waals surface area contributed by atoms with Gasteiger partial charge in [-0.2, -0.15) is 0 Å². The van der Waals surface area contributed by atoms with E-state index in [4.69, 9.17) is 5.14 Å². The molecule has 2 amide bonds. The molecular weight excluding hydrogens is 657 g/mol. The number of nitrogens with one attached hydrogen (secondary N) is 2. The van der Waals surface area contributed by atoms with Crippen molar-refractivity contribution in [2.24, 2.45) is 5.14 Å². The van der Waals surface area contributed by atoms with Gasteiger partial charge in [0.1, 0.15) is 5.01 Å². The summed E-state index contributed by atoms with van der Waals surface area (Å²) in [5.41, 5.74) is 4.01. The Morgan fingerprint density at radius 2 is 1.51 bits per heavy atom. The molecule has 1 aliphatic heterocycles. The van der Waals surface area contributed by atoms with Crippen LogP contribution < -0.4 is 15.8 Å². The number of thiazole rings is 1. The second-order valence-corrected chi connectivity index (χ2v) is 17.7. The third-order valence-electron chi connectivity index (χ3n) is 8.86. The molecule has 0 radical (unpaired) electrons. The Bertz CT molecular complexity index is 1770. The summed E-state index contributed by atoms with van der Waals surface area (Å²) in [6.07, 6.45) is 14.7. The molecule has 10 nitrogen and oxygen atoms in total. The van der Waals surface area contributed by atoms with Crippen molar-refractivity contribution in [1.82, 2.24) is 10.3 Å². The summed E-state index contributed by atoms with van der Waals surface area (Å²) < 4.78 is 49.1. The molecule has 2 aromatic carbocycles. The summed E-state index contributed by atoms with van der Waals surface area (Å²) in [6, 6.07) is 11.4. The maximum absolute atomic E-state index is 13.8. The maximum Gasteiger partial charge on any atom is 0.248 e. The van der Waals surface area contributed by atoms with Crippen molar-refractivity contribution in [3.05, 3.63) is 47.0 Å². The molecule has 0 fully saturated rings. The van der Waals surface area contributed by atoms with Gasteiger partial charge >= 0.3 is 0 Å². The molecule has 1 unspecified atom stereocenters. The van der Waals surface area contributed by atoms with Gasteiger partial charge in [0.25, 0.3) is 0 Å². The van der Waals surface area contributed by atoms with E-state index in [2.05, 4.69) is 22.5 Å². The number of amides is 2. The predicted molar refractivity (Wildman–Crippen MR) is 191 cm³/mol. The highest BCUT2D eigenvalue weighted by Crippen LogP contribution is 2.41. The predicted octanol–water partition coefficient (Wildman–Crippen LogP) is 6.19. The molecule has 3 aromatic rings. The van der Waals surface area contributed by atoms with E-state index < -0.39 is 36.3 Å². The van der Waals surface area contributed by atoms with Crippen molar-refractivity contribution in [3.63, 3.8) is 0 Å². The zero-order valence-electron chi connectivity index (χ0n) is 27.5. The number of nitrogens with zero attached hydrogens (tertiary/aromatic N) is 1. The number of carbonyl (C=O) groups is 2. The van der Waals surface area contributed by atoms with Gasteiger partial charge in [-0.15, -0.1) is 11.3 Å². The molecule has 2 heterocycles. The number of fused-ring (bicyclic) bond motifs is 2. The van der Waals surface area contributed by atoms with Gasteiger partial charge in [-0.1, -0.05) is 102 Å². The lowest BCUT2D eigenvalue weighted by Crippen LogP contribution is -2.50. The highest BCUT2D eigenvalue weighted by Gasteiger charge is 2.51. The molecule has 1 aromatic heterocycles. The largest absolute Gasteiger partial charge is 0.353 e. The van der Waals surface area contributed by atoms with Crippen LogP contribution in [-0.2, 0) is 40.6 Å². The number of carbonyl (C=O) groups excluding carboxylic acids is 2. The zero-order chi connectivity index (χ0) is 34.1. The van der Waals surface area contributed by atoms with E-state index in [9.17, 15) is 26.4 Å².